The Morgan fingerprint density at radius 2 is 1.61 bits per heavy atom. The van der Waals surface area contributed by atoms with Crippen LogP contribution in [0.3, 0.4) is 0 Å². The maximum atomic E-state index is 12.7. The fraction of sp³-hybridized carbons (Fsp3) is 0.148. The van der Waals surface area contributed by atoms with Crippen LogP contribution in [0, 0.1) is 0 Å². The molecule has 1 atom stereocenters. The number of benzene rings is 3. The van der Waals surface area contributed by atoms with Crippen molar-refractivity contribution in [3.63, 3.8) is 0 Å². The van der Waals surface area contributed by atoms with Gasteiger partial charge in [0.25, 0.3) is 0 Å². The second kappa shape index (κ2) is 9.43. The number of amides is 1. The number of hydrogen-bond donors (Lipinski definition) is 1. The van der Waals surface area contributed by atoms with Crippen LogP contribution < -0.4 is 4.72 Å². The average Bonchev–Trinajstić information content (AvgIpc) is 3.50. The van der Waals surface area contributed by atoms with E-state index < -0.39 is 10.0 Å². The third-order valence-electron chi connectivity index (χ3n) is 5.90. The van der Waals surface area contributed by atoms with Gasteiger partial charge in [-0.1, -0.05) is 60.7 Å². The third kappa shape index (κ3) is 4.92. The van der Waals surface area contributed by atoms with Gasteiger partial charge in [0, 0.05) is 36.4 Å². The molecule has 0 saturated carbocycles. The van der Waals surface area contributed by atoms with Gasteiger partial charge in [0.15, 0.2) is 0 Å². The Morgan fingerprint density at radius 3 is 2.28 bits per heavy atom. The van der Waals surface area contributed by atoms with Gasteiger partial charge in [-0.15, -0.1) is 0 Å². The number of nitrogens with one attached hydrogen (secondary N) is 1. The molecule has 0 unspecified atom stereocenters. The molecular weight excluding hydrogens is 474 g/mol. The maximum absolute atomic E-state index is 12.7. The van der Waals surface area contributed by atoms with Crippen LogP contribution in [-0.4, -0.2) is 41.1 Å². The summed E-state index contributed by atoms with van der Waals surface area (Å²) in [6.45, 7) is 1.49. The second-order valence-corrected chi connectivity index (χ2v) is 10.4. The molecule has 2 heterocycles. The lowest BCUT2D eigenvalue weighted by Gasteiger charge is -2.20. The van der Waals surface area contributed by atoms with E-state index in [0.29, 0.717) is 17.8 Å². The van der Waals surface area contributed by atoms with Gasteiger partial charge in [-0.25, -0.2) is 18.1 Å². The summed E-state index contributed by atoms with van der Waals surface area (Å²) in [4.78, 5) is 12.7. The van der Waals surface area contributed by atoms with Gasteiger partial charge in [0.05, 0.1) is 29.4 Å². The van der Waals surface area contributed by atoms with Crippen LogP contribution in [0.1, 0.15) is 30.5 Å². The summed E-state index contributed by atoms with van der Waals surface area (Å²) < 4.78 is 27.7. The number of rotatable bonds is 6. The number of hydrogen-bond acceptors (Lipinski definition) is 5. The number of para-hydroxylation sites is 1. The van der Waals surface area contributed by atoms with Crippen molar-refractivity contribution in [2.75, 3.05) is 11.0 Å². The minimum Gasteiger partial charge on any atom is -0.284 e. The van der Waals surface area contributed by atoms with Gasteiger partial charge in [-0.2, -0.15) is 10.2 Å². The molecule has 182 valence electrons. The average molecular weight is 500 g/mol. The Kier molecular flexibility index (Phi) is 6.15. The van der Waals surface area contributed by atoms with Crippen LogP contribution in [0.5, 0.6) is 0 Å². The number of anilines is 1. The summed E-state index contributed by atoms with van der Waals surface area (Å²) in [5, 5.41) is 11.0. The van der Waals surface area contributed by atoms with Crippen molar-refractivity contribution in [3.8, 4) is 16.9 Å². The summed E-state index contributed by atoms with van der Waals surface area (Å²) in [6.07, 6.45) is 3.52. The molecule has 4 aromatic rings. The van der Waals surface area contributed by atoms with Gasteiger partial charge < -0.3 is 0 Å². The van der Waals surface area contributed by atoms with E-state index in [1.54, 1.807) is 18.2 Å². The summed E-state index contributed by atoms with van der Waals surface area (Å²) in [7, 11) is -3.42. The zero-order valence-electron chi connectivity index (χ0n) is 19.9. The molecule has 1 aromatic heterocycles. The third-order valence-corrected chi connectivity index (χ3v) is 6.51. The second-order valence-electron chi connectivity index (χ2n) is 8.66. The van der Waals surface area contributed by atoms with Gasteiger partial charge in [0.2, 0.25) is 15.9 Å². The van der Waals surface area contributed by atoms with Crippen LogP contribution in [0.2, 0.25) is 0 Å². The first kappa shape index (κ1) is 23.5. The SMILES string of the molecule is CC(=O)N1N=C(c2cccc(NS(C)(=O)=O)c2)C[C@H]1c1cn(-c2ccccc2)nc1-c1ccccc1. The number of nitrogens with zero attached hydrogens (tertiary/aromatic N) is 4. The zero-order valence-corrected chi connectivity index (χ0v) is 20.7. The molecule has 8 nitrogen and oxygen atoms in total. The first-order valence-corrected chi connectivity index (χ1v) is 13.3. The Balaban J connectivity index is 1.56. The number of carbonyl (C=O) groups excluding carboxylic acids is 1. The smallest absolute Gasteiger partial charge is 0.240 e. The largest absolute Gasteiger partial charge is 0.284 e. The highest BCUT2D eigenvalue weighted by Gasteiger charge is 2.34. The molecule has 1 amide bonds. The van der Waals surface area contributed by atoms with Crippen LogP contribution in [-0.2, 0) is 14.8 Å². The van der Waals surface area contributed by atoms with E-state index in [9.17, 15) is 13.2 Å². The van der Waals surface area contributed by atoms with Crippen molar-refractivity contribution >= 4 is 27.3 Å². The highest BCUT2D eigenvalue weighted by atomic mass is 32.2. The van der Waals surface area contributed by atoms with Crippen LogP contribution >= 0.6 is 0 Å². The molecule has 36 heavy (non-hydrogen) atoms. The molecule has 0 spiro atoms. The van der Waals surface area contributed by atoms with E-state index in [1.165, 1.54) is 11.9 Å². The minimum absolute atomic E-state index is 0.188. The number of sulfonamides is 1. The molecule has 5 rings (SSSR count). The van der Waals surface area contributed by atoms with Gasteiger partial charge in [-0.05, 0) is 29.8 Å². The Hall–Kier alpha value is -4.24. The van der Waals surface area contributed by atoms with Gasteiger partial charge >= 0.3 is 0 Å². The molecule has 9 heteroatoms. The molecule has 0 bridgehead atoms. The fourth-order valence-corrected chi connectivity index (χ4v) is 4.91. The number of carbonyl (C=O) groups is 1. The predicted molar refractivity (Wildman–Crippen MR) is 140 cm³/mol. The molecule has 0 aliphatic carbocycles. The molecule has 1 N–H and O–H groups in total. The normalized spacial score (nSPS) is 15.6. The lowest BCUT2D eigenvalue weighted by atomic mass is 9.96. The van der Waals surface area contributed by atoms with Gasteiger partial charge in [0.1, 0.15) is 0 Å². The van der Waals surface area contributed by atoms with Crippen molar-refractivity contribution in [1.29, 1.82) is 0 Å². The summed E-state index contributed by atoms with van der Waals surface area (Å²) in [5.41, 5.74) is 5.39. The first-order chi connectivity index (χ1) is 17.3. The lowest BCUT2D eigenvalue weighted by molar-refractivity contribution is -0.130. The molecule has 1 aliphatic heterocycles. The highest BCUT2D eigenvalue weighted by Crippen LogP contribution is 2.38. The first-order valence-electron chi connectivity index (χ1n) is 11.4. The van der Waals surface area contributed by atoms with Crippen molar-refractivity contribution < 1.29 is 13.2 Å². The van der Waals surface area contributed by atoms with Crippen molar-refractivity contribution in [1.82, 2.24) is 14.8 Å². The molecule has 1 aliphatic rings. The van der Waals surface area contributed by atoms with E-state index in [4.69, 9.17) is 5.10 Å². The van der Waals surface area contributed by atoms with Crippen molar-refractivity contribution in [2.45, 2.75) is 19.4 Å². The summed E-state index contributed by atoms with van der Waals surface area (Å²) >= 11 is 0. The maximum Gasteiger partial charge on any atom is 0.240 e. The van der Waals surface area contributed by atoms with Crippen LogP contribution in [0.25, 0.3) is 16.9 Å². The lowest BCUT2D eigenvalue weighted by Crippen LogP contribution is -2.24. The number of hydrazone groups is 1. The predicted octanol–water partition coefficient (Wildman–Crippen LogP) is 4.61. The molecule has 0 fully saturated rings. The van der Waals surface area contributed by atoms with Gasteiger partial charge in [-0.3, -0.25) is 9.52 Å². The summed E-state index contributed by atoms with van der Waals surface area (Å²) in [5.74, 6) is -0.188. The standard InChI is InChI=1S/C27H25N5O3S/c1-19(33)32-26(17-25(28-32)21-12-9-13-22(16-21)30-36(2,34)35)24-18-31(23-14-7-4-8-15-23)29-27(24)20-10-5-3-6-11-20/h3-16,18,26,30H,17H2,1-2H3/t26-/m0/s1. The van der Waals surface area contributed by atoms with E-state index >= 15 is 0 Å². The minimum atomic E-state index is -3.42. The Morgan fingerprint density at radius 1 is 0.944 bits per heavy atom. The molecule has 0 saturated heterocycles. The Bertz CT molecular complexity index is 1550. The Labute approximate surface area is 209 Å². The van der Waals surface area contributed by atoms with Crippen LogP contribution in [0.4, 0.5) is 5.69 Å². The van der Waals surface area contributed by atoms with E-state index in [0.717, 1.165) is 34.3 Å². The topological polar surface area (TPSA) is 96.7 Å². The zero-order chi connectivity index (χ0) is 25.3. The van der Waals surface area contributed by atoms with E-state index in [2.05, 4.69) is 9.82 Å². The van der Waals surface area contributed by atoms with Crippen molar-refractivity contribution in [3.05, 3.63) is 102 Å². The van der Waals surface area contributed by atoms with E-state index in [-0.39, 0.29) is 11.9 Å². The highest BCUT2D eigenvalue weighted by molar-refractivity contribution is 7.92. The summed E-state index contributed by atoms with van der Waals surface area (Å²) in [6, 6.07) is 26.3. The monoisotopic (exact) mass is 499 g/mol. The van der Waals surface area contributed by atoms with Crippen molar-refractivity contribution in [2.24, 2.45) is 5.10 Å². The quantitative estimate of drug-likeness (QED) is 0.419. The van der Waals surface area contributed by atoms with E-state index in [1.807, 2.05) is 77.6 Å². The fourth-order valence-electron chi connectivity index (χ4n) is 4.36. The number of aromatic nitrogens is 2. The molecule has 0 radical (unpaired) electrons. The van der Waals surface area contributed by atoms with Crippen LogP contribution in [0.15, 0.2) is 96.2 Å². The molecular formula is C27H25N5O3S. The molecule has 3 aromatic carbocycles.